The molecule has 1 aromatic carbocycles. The number of thiophene rings is 1. The van der Waals surface area contributed by atoms with Crippen molar-refractivity contribution in [3.8, 4) is 0 Å². The second kappa shape index (κ2) is 10.7. The van der Waals surface area contributed by atoms with Crippen LogP contribution in [0, 0.1) is 0 Å². The van der Waals surface area contributed by atoms with E-state index in [0.29, 0.717) is 17.7 Å². The number of carboxylic acids is 2. The van der Waals surface area contributed by atoms with E-state index in [9.17, 15) is 9.59 Å². The molecule has 1 aliphatic carbocycles. The second-order valence-corrected chi connectivity index (χ2v) is 9.24. The van der Waals surface area contributed by atoms with Crippen molar-refractivity contribution in [1.82, 2.24) is 4.90 Å². The van der Waals surface area contributed by atoms with Gasteiger partial charge in [-0.1, -0.05) is 50.3 Å². The summed E-state index contributed by atoms with van der Waals surface area (Å²) in [4.78, 5) is 23.6. The first-order valence-corrected chi connectivity index (χ1v) is 11.7. The van der Waals surface area contributed by atoms with E-state index in [2.05, 4.69) is 46.6 Å². The normalized spacial score (nSPS) is 19.7. The average Bonchev–Trinajstić information content (AvgIpc) is 3.03. The van der Waals surface area contributed by atoms with Crippen LogP contribution < -0.4 is 0 Å². The summed E-state index contributed by atoms with van der Waals surface area (Å²) in [6.07, 6.45) is 13.8. The van der Waals surface area contributed by atoms with Crippen molar-refractivity contribution in [3.05, 3.63) is 47.4 Å². The highest BCUT2D eigenvalue weighted by Crippen LogP contribution is 2.46. The van der Waals surface area contributed by atoms with Gasteiger partial charge in [0.25, 0.3) is 0 Å². The van der Waals surface area contributed by atoms with Gasteiger partial charge in [-0.15, -0.1) is 11.3 Å². The average molecular weight is 430 g/mol. The molecular formula is C24H31NO4S. The largest absolute Gasteiger partial charge is 0.478 e. The summed E-state index contributed by atoms with van der Waals surface area (Å²) in [7, 11) is 0. The second-order valence-electron chi connectivity index (χ2n) is 8.15. The maximum atomic E-state index is 9.55. The first-order chi connectivity index (χ1) is 14.5. The summed E-state index contributed by atoms with van der Waals surface area (Å²) in [5.74, 6) is -2.51. The van der Waals surface area contributed by atoms with Gasteiger partial charge >= 0.3 is 11.9 Å². The van der Waals surface area contributed by atoms with Gasteiger partial charge in [-0.3, -0.25) is 4.90 Å². The van der Waals surface area contributed by atoms with E-state index in [0.717, 1.165) is 0 Å². The van der Waals surface area contributed by atoms with Gasteiger partial charge in [-0.2, -0.15) is 0 Å². The Morgan fingerprint density at radius 1 is 0.867 bits per heavy atom. The van der Waals surface area contributed by atoms with Crippen molar-refractivity contribution >= 4 is 33.4 Å². The minimum absolute atomic E-state index is 0.348. The predicted octanol–water partition coefficient (Wildman–Crippen LogP) is 5.65. The van der Waals surface area contributed by atoms with Crippen molar-refractivity contribution in [2.75, 3.05) is 13.1 Å². The molecule has 6 heteroatoms. The summed E-state index contributed by atoms with van der Waals surface area (Å²) >= 11 is 2.06. The zero-order valence-electron chi connectivity index (χ0n) is 17.4. The summed E-state index contributed by atoms with van der Waals surface area (Å²) in [5, 5.41) is 17.1. The molecule has 2 aliphatic rings. The molecule has 30 heavy (non-hydrogen) atoms. The lowest BCUT2D eigenvalue weighted by Gasteiger charge is -2.45. The molecule has 0 unspecified atom stereocenters. The van der Waals surface area contributed by atoms with Crippen LogP contribution in [0.5, 0.6) is 0 Å². The Bertz CT molecular complexity index is 825. The van der Waals surface area contributed by atoms with Gasteiger partial charge in [0.15, 0.2) is 0 Å². The van der Waals surface area contributed by atoms with Crippen LogP contribution in [0.15, 0.2) is 42.5 Å². The van der Waals surface area contributed by atoms with Crippen LogP contribution in [0.3, 0.4) is 0 Å². The summed E-state index contributed by atoms with van der Waals surface area (Å²) < 4.78 is 1.47. The third kappa shape index (κ3) is 5.70. The molecule has 1 aromatic heterocycles. The highest BCUT2D eigenvalue weighted by molar-refractivity contribution is 7.19. The lowest BCUT2D eigenvalue weighted by atomic mass is 9.84. The molecule has 2 N–H and O–H groups in total. The highest BCUT2D eigenvalue weighted by Gasteiger charge is 2.40. The Balaban J connectivity index is 0.000000275. The van der Waals surface area contributed by atoms with E-state index < -0.39 is 11.9 Å². The molecule has 0 spiro atoms. The Kier molecular flexibility index (Phi) is 8.05. The Morgan fingerprint density at radius 3 is 2.00 bits per heavy atom. The number of piperidine rings is 1. The number of rotatable bonds is 4. The van der Waals surface area contributed by atoms with Crippen LogP contribution in [0.25, 0.3) is 10.1 Å². The number of fused-ring (bicyclic) bond motifs is 1. The number of benzene rings is 1. The van der Waals surface area contributed by atoms with E-state index in [-0.39, 0.29) is 0 Å². The monoisotopic (exact) mass is 429 g/mol. The smallest absolute Gasteiger partial charge is 0.328 e. The highest BCUT2D eigenvalue weighted by atomic mass is 32.1. The minimum atomic E-state index is -1.26. The number of aliphatic carboxylic acids is 2. The fraction of sp³-hybridized carbons (Fsp3) is 0.500. The van der Waals surface area contributed by atoms with Crippen LogP contribution in [0.1, 0.15) is 62.7 Å². The third-order valence-electron chi connectivity index (χ3n) is 6.14. The third-order valence-corrected chi connectivity index (χ3v) is 7.45. The quantitative estimate of drug-likeness (QED) is 0.485. The number of carbonyl (C=O) groups is 2. The molecule has 1 saturated carbocycles. The van der Waals surface area contributed by atoms with Gasteiger partial charge in [-0.25, -0.2) is 9.59 Å². The van der Waals surface area contributed by atoms with E-state index in [1.54, 1.807) is 4.88 Å². The number of hydrogen-bond acceptors (Lipinski definition) is 4. The van der Waals surface area contributed by atoms with E-state index in [4.69, 9.17) is 10.2 Å². The number of likely N-dealkylation sites (tertiary alicyclic amines) is 1. The maximum Gasteiger partial charge on any atom is 0.328 e. The van der Waals surface area contributed by atoms with Crippen molar-refractivity contribution in [1.29, 1.82) is 0 Å². The zero-order chi connectivity index (χ0) is 21.4. The molecule has 1 aliphatic heterocycles. The fourth-order valence-corrected chi connectivity index (χ4v) is 6.05. The molecule has 5 nitrogen and oxygen atoms in total. The zero-order valence-corrected chi connectivity index (χ0v) is 18.2. The van der Waals surface area contributed by atoms with Gasteiger partial charge in [0, 0.05) is 21.7 Å². The molecular weight excluding hydrogens is 398 g/mol. The predicted molar refractivity (Wildman–Crippen MR) is 121 cm³/mol. The molecule has 2 aromatic rings. The lowest BCUT2D eigenvalue weighted by Crippen LogP contribution is -2.48. The minimum Gasteiger partial charge on any atom is -0.478 e. The molecule has 0 amide bonds. The van der Waals surface area contributed by atoms with Crippen molar-refractivity contribution in [2.45, 2.75) is 63.3 Å². The van der Waals surface area contributed by atoms with Gasteiger partial charge in [0.2, 0.25) is 0 Å². The summed E-state index contributed by atoms with van der Waals surface area (Å²) in [5.41, 5.74) is 0.348. The van der Waals surface area contributed by atoms with Gasteiger partial charge in [-0.05, 0) is 56.3 Å². The van der Waals surface area contributed by atoms with E-state index in [1.807, 2.05) is 0 Å². The molecule has 162 valence electrons. The Morgan fingerprint density at radius 2 is 1.43 bits per heavy atom. The Labute approximate surface area is 182 Å². The number of nitrogens with zero attached hydrogens (tertiary/aromatic N) is 1. The topological polar surface area (TPSA) is 77.8 Å². The van der Waals surface area contributed by atoms with Crippen LogP contribution in [0.4, 0.5) is 0 Å². The van der Waals surface area contributed by atoms with Crippen LogP contribution in [-0.4, -0.2) is 40.1 Å². The van der Waals surface area contributed by atoms with Gasteiger partial charge in [0.1, 0.15) is 0 Å². The Hall–Kier alpha value is -2.18. The number of carboxylic acid groups (broad SMARTS) is 2. The van der Waals surface area contributed by atoms with Crippen LogP contribution >= 0.6 is 11.3 Å². The molecule has 1 saturated heterocycles. The van der Waals surface area contributed by atoms with Gasteiger partial charge in [0.05, 0.1) is 5.54 Å². The first-order valence-electron chi connectivity index (χ1n) is 10.9. The van der Waals surface area contributed by atoms with E-state index >= 15 is 0 Å². The number of hydrogen-bond donors (Lipinski definition) is 2. The molecule has 2 fully saturated rings. The molecule has 0 bridgehead atoms. The van der Waals surface area contributed by atoms with Crippen molar-refractivity contribution in [3.63, 3.8) is 0 Å². The molecule has 4 rings (SSSR count). The molecule has 0 atom stereocenters. The fourth-order valence-electron chi connectivity index (χ4n) is 4.71. The summed E-state index contributed by atoms with van der Waals surface area (Å²) in [6.45, 7) is 2.63. The standard InChI is InChI=1S/C20H27NS.C4H4O4/c1-2-7-13-20(12-6-1,21-14-8-3-9-15-21)19-16-17-10-4-5-11-18(17)22-19;5-3(6)1-2-4(7)8/h4-5,10-11,16H,1-3,6-9,12-15H2;1-2H,(H,5,6)(H,7,8)/b;2-1+. The van der Waals surface area contributed by atoms with Gasteiger partial charge < -0.3 is 10.2 Å². The first kappa shape index (κ1) is 22.5. The van der Waals surface area contributed by atoms with Crippen molar-refractivity contribution < 1.29 is 19.8 Å². The van der Waals surface area contributed by atoms with Crippen molar-refractivity contribution in [2.24, 2.45) is 0 Å². The van der Waals surface area contributed by atoms with E-state index in [1.165, 1.54) is 81.0 Å². The molecule has 0 radical (unpaired) electrons. The lowest BCUT2D eigenvalue weighted by molar-refractivity contribution is -0.134. The van der Waals surface area contributed by atoms with Crippen LogP contribution in [-0.2, 0) is 15.1 Å². The SMILES string of the molecule is O=C(O)/C=C/C(=O)O.c1ccc2sc(C3(N4CCCCC4)CCCCCC3)cc2c1. The molecule has 2 heterocycles. The maximum absolute atomic E-state index is 9.55. The summed E-state index contributed by atoms with van der Waals surface area (Å²) in [6, 6.07) is 11.5. The van der Waals surface area contributed by atoms with Crippen LogP contribution in [0.2, 0.25) is 0 Å².